The Morgan fingerprint density at radius 3 is 2.75 bits per heavy atom. The van der Waals surface area contributed by atoms with Crippen LogP contribution in [-0.2, 0) is 9.59 Å². The van der Waals surface area contributed by atoms with Gasteiger partial charge in [0.05, 0.1) is 5.69 Å². The van der Waals surface area contributed by atoms with Crippen LogP contribution in [0, 0.1) is 11.6 Å². The molecule has 1 aliphatic rings. The summed E-state index contributed by atoms with van der Waals surface area (Å²) in [5.41, 5.74) is -0.234. The van der Waals surface area contributed by atoms with Crippen molar-refractivity contribution in [2.75, 3.05) is 11.9 Å². The van der Waals surface area contributed by atoms with E-state index in [0.29, 0.717) is 6.07 Å². The topological polar surface area (TPSA) is 78.5 Å². The fourth-order valence-electron chi connectivity index (χ4n) is 1.74. The number of carbonyl (C=O) groups is 3. The summed E-state index contributed by atoms with van der Waals surface area (Å²) in [5.74, 6) is -2.96. The van der Waals surface area contributed by atoms with Gasteiger partial charge in [-0.1, -0.05) is 0 Å². The van der Waals surface area contributed by atoms with Gasteiger partial charge in [-0.15, -0.1) is 0 Å². The van der Waals surface area contributed by atoms with Gasteiger partial charge in [-0.3, -0.25) is 14.9 Å². The van der Waals surface area contributed by atoms with E-state index in [1.807, 2.05) is 0 Å². The molecule has 6 nitrogen and oxygen atoms in total. The first-order valence-corrected chi connectivity index (χ1v) is 5.75. The minimum absolute atomic E-state index is 0.234. The van der Waals surface area contributed by atoms with Crippen LogP contribution in [0.25, 0.3) is 0 Å². The van der Waals surface area contributed by atoms with Crippen molar-refractivity contribution < 1.29 is 23.2 Å². The number of benzene rings is 1. The summed E-state index contributed by atoms with van der Waals surface area (Å²) in [6, 6.07) is 0.977. The van der Waals surface area contributed by atoms with Gasteiger partial charge in [-0.05, 0) is 19.1 Å². The zero-order valence-corrected chi connectivity index (χ0v) is 10.4. The predicted octanol–water partition coefficient (Wildman–Crippen LogP) is 0.844. The summed E-state index contributed by atoms with van der Waals surface area (Å²) in [4.78, 5) is 35.5. The fourth-order valence-corrected chi connectivity index (χ4v) is 1.74. The van der Waals surface area contributed by atoms with Crippen molar-refractivity contribution in [3.8, 4) is 0 Å². The van der Waals surface area contributed by atoms with Gasteiger partial charge in [0.2, 0.25) is 11.8 Å². The molecule has 0 aromatic heterocycles. The Bertz CT molecular complexity index is 591. The zero-order valence-electron chi connectivity index (χ0n) is 10.4. The quantitative estimate of drug-likeness (QED) is 0.750. The van der Waals surface area contributed by atoms with E-state index >= 15 is 0 Å². The summed E-state index contributed by atoms with van der Waals surface area (Å²) < 4.78 is 26.2. The van der Waals surface area contributed by atoms with Crippen LogP contribution in [0.2, 0.25) is 0 Å². The number of carbonyl (C=O) groups excluding carboxylic acids is 3. The van der Waals surface area contributed by atoms with Gasteiger partial charge in [0.1, 0.15) is 24.2 Å². The van der Waals surface area contributed by atoms with E-state index in [4.69, 9.17) is 0 Å². The molecule has 1 fully saturated rings. The Hall–Kier alpha value is -2.51. The van der Waals surface area contributed by atoms with Crippen LogP contribution in [0.15, 0.2) is 18.2 Å². The highest BCUT2D eigenvalue weighted by Crippen LogP contribution is 2.16. The van der Waals surface area contributed by atoms with Gasteiger partial charge in [0.25, 0.3) is 0 Å². The molecule has 20 heavy (non-hydrogen) atoms. The third-order valence-electron chi connectivity index (χ3n) is 2.86. The number of nitrogens with zero attached hydrogens (tertiary/aromatic N) is 1. The minimum atomic E-state index is -0.946. The lowest BCUT2D eigenvalue weighted by Crippen LogP contribution is -2.59. The molecule has 1 saturated heterocycles. The molecule has 0 bridgehead atoms. The molecule has 1 aromatic carbocycles. The van der Waals surface area contributed by atoms with Gasteiger partial charge < -0.3 is 10.2 Å². The largest absolute Gasteiger partial charge is 0.323 e. The fraction of sp³-hybridized carbons (Fsp3) is 0.250. The van der Waals surface area contributed by atoms with E-state index in [2.05, 4.69) is 10.6 Å². The summed E-state index contributed by atoms with van der Waals surface area (Å²) in [6.45, 7) is 1.12. The van der Waals surface area contributed by atoms with E-state index < -0.39 is 35.5 Å². The average Bonchev–Trinajstić information content (AvgIpc) is 2.37. The number of nitrogens with one attached hydrogen (secondary N) is 2. The average molecular weight is 283 g/mol. The van der Waals surface area contributed by atoms with Gasteiger partial charge in [-0.25, -0.2) is 13.6 Å². The molecular weight excluding hydrogens is 272 g/mol. The predicted molar refractivity (Wildman–Crippen MR) is 64.7 cm³/mol. The van der Waals surface area contributed by atoms with Crippen LogP contribution >= 0.6 is 0 Å². The first-order chi connectivity index (χ1) is 9.38. The lowest BCUT2D eigenvalue weighted by Gasteiger charge is -2.31. The number of rotatable bonds is 1. The molecule has 2 N–H and O–H groups in total. The summed E-state index contributed by atoms with van der Waals surface area (Å²) >= 11 is 0. The molecule has 106 valence electrons. The number of hydrogen-bond donors (Lipinski definition) is 2. The second-order valence-electron chi connectivity index (χ2n) is 4.27. The van der Waals surface area contributed by atoms with Gasteiger partial charge in [0, 0.05) is 6.07 Å². The maximum Gasteiger partial charge on any atom is 0.323 e. The molecule has 0 aliphatic carbocycles. The van der Waals surface area contributed by atoms with E-state index in [1.165, 1.54) is 6.92 Å². The number of piperazine rings is 1. The van der Waals surface area contributed by atoms with Crippen molar-refractivity contribution in [2.24, 2.45) is 0 Å². The molecule has 0 saturated carbocycles. The maximum absolute atomic E-state index is 13.4. The molecule has 1 atom stereocenters. The van der Waals surface area contributed by atoms with Crippen molar-refractivity contribution >= 4 is 23.5 Å². The molecule has 1 heterocycles. The second kappa shape index (κ2) is 5.24. The van der Waals surface area contributed by atoms with Crippen LogP contribution in [0.5, 0.6) is 0 Å². The van der Waals surface area contributed by atoms with Crippen LogP contribution in [-0.4, -0.2) is 35.3 Å². The lowest BCUT2D eigenvalue weighted by molar-refractivity contribution is -0.137. The second-order valence-corrected chi connectivity index (χ2v) is 4.27. The molecule has 1 unspecified atom stereocenters. The normalized spacial score (nSPS) is 18.8. The third kappa shape index (κ3) is 2.73. The Morgan fingerprint density at radius 1 is 1.40 bits per heavy atom. The molecule has 1 aromatic rings. The highest BCUT2D eigenvalue weighted by Gasteiger charge is 2.33. The van der Waals surface area contributed by atoms with Crippen LogP contribution in [0.1, 0.15) is 6.92 Å². The number of halogens is 2. The molecule has 0 radical (unpaired) electrons. The van der Waals surface area contributed by atoms with Crippen molar-refractivity contribution in [1.29, 1.82) is 0 Å². The summed E-state index contributed by atoms with van der Waals surface area (Å²) in [6.07, 6.45) is 0. The van der Waals surface area contributed by atoms with E-state index in [9.17, 15) is 23.2 Å². The smallest absolute Gasteiger partial charge is 0.305 e. The number of urea groups is 1. The molecular formula is C12H11F2N3O3. The van der Waals surface area contributed by atoms with Gasteiger partial charge in [-0.2, -0.15) is 0 Å². The Kier molecular flexibility index (Phi) is 3.64. The van der Waals surface area contributed by atoms with Crippen molar-refractivity contribution in [2.45, 2.75) is 13.0 Å². The SMILES string of the molecule is CC1C(=O)NC(=O)CN1C(=O)Nc1ccc(F)cc1F. The Labute approximate surface area is 112 Å². The zero-order chi connectivity index (χ0) is 14.9. The minimum Gasteiger partial charge on any atom is -0.305 e. The van der Waals surface area contributed by atoms with Crippen molar-refractivity contribution in [3.05, 3.63) is 29.8 Å². The molecule has 0 spiro atoms. The van der Waals surface area contributed by atoms with Gasteiger partial charge in [0.15, 0.2) is 0 Å². The van der Waals surface area contributed by atoms with Crippen molar-refractivity contribution in [3.63, 3.8) is 0 Å². The standard InChI is InChI=1S/C12H11F2N3O3/c1-6-11(19)16-10(18)5-17(6)12(20)15-9-3-2-7(13)4-8(9)14/h2-4,6H,5H2,1H3,(H,15,20)(H,16,18,19). The monoisotopic (exact) mass is 283 g/mol. The number of imide groups is 1. The van der Waals surface area contributed by atoms with Crippen molar-refractivity contribution in [1.82, 2.24) is 10.2 Å². The highest BCUT2D eigenvalue weighted by atomic mass is 19.1. The molecule has 4 amide bonds. The van der Waals surface area contributed by atoms with Crippen LogP contribution in [0.3, 0.4) is 0 Å². The number of anilines is 1. The summed E-state index contributed by atoms with van der Waals surface area (Å²) in [7, 11) is 0. The molecule has 2 rings (SSSR count). The number of hydrogen-bond acceptors (Lipinski definition) is 3. The maximum atomic E-state index is 13.4. The third-order valence-corrected chi connectivity index (χ3v) is 2.86. The van der Waals surface area contributed by atoms with Gasteiger partial charge >= 0.3 is 6.03 Å². The number of amides is 4. The van der Waals surface area contributed by atoms with Crippen LogP contribution in [0.4, 0.5) is 19.3 Å². The summed E-state index contributed by atoms with van der Waals surface area (Å²) in [5, 5.41) is 4.27. The first-order valence-electron chi connectivity index (χ1n) is 5.75. The Balaban J connectivity index is 2.15. The van der Waals surface area contributed by atoms with Crippen LogP contribution < -0.4 is 10.6 Å². The first kappa shape index (κ1) is 13.9. The molecule has 8 heteroatoms. The van der Waals surface area contributed by atoms with E-state index in [-0.39, 0.29) is 12.2 Å². The lowest BCUT2D eigenvalue weighted by atomic mass is 10.2. The highest BCUT2D eigenvalue weighted by molar-refractivity contribution is 6.05. The Morgan fingerprint density at radius 2 is 2.10 bits per heavy atom. The van der Waals surface area contributed by atoms with E-state index in [1.54, 1.807) is 0 Å². The van der Waals surface area contributed by atoms with E-state index in [0.717, 1.165) is 17.0 Å². The molecule has 1 aliphatic heterocycles.